The number of anilines is 1. The van der Waals surface area contributed by atoms with E-state index >= 15 is 4.39 Å². The first-order valence-corrected chi connectivity index (χ1v) is 16.1. The first-order valence-electron chi connectivity index (χ1n) is 14.7. The van der Waals surface area contributed by atoms with Gasteiger partial charge in [-0.05, 0) is 37.7 Å². The van der Waals surface area contributed by atoms with E-state index in [0.29, 0.717) is 64.1 Å². The van der Waals surface area contributed by atoms with E-state index in [1.165, 1.54) is 18.2 Å². The number of hydrogen-bond acceptors (Lipinski definition) is 7. The summed E-state index contributed by atoms with van der Waals surface area (Å²) in [4.78, 5) is 40.2. The second kappa shape index (κ2) is 12.2. The van der Waals surface area contributed by atoms with Gasteiger partial charge in [0.05, 0.1) is 16.6 Å². The van der Waals surface area contributed by atoms with E-state index in [1.54, 1.807) is 27.3 Å². The Labute approximate surface area is 258 Å². The molecule has 228 valence electrons. The summed E-state index contributed by atoms with van der Waals surface area (Å²) in [6.45, 7) is 14.7. The van der Waals surface area contributed by atoms with E-state index in [1.807, 2.05) is 11.8 Å². The molecule has 2 atom stereocenters. The number of amides is 1. The van der Waals surface area contributed by atoms with E-state index < -0.39 is 11.6 Å². The summed E-state index contributed by atoms with van der Waals surface area (Å²) in [7, 11) is 0. The molecule has 0 aliphatic carbocycles. The highest BCUT2D eigenvalue weighted by atomic mass is 35.5. The Kier molecular flexibility index (Phi) is 8.52. The van der Waals surface area contributed by atoms with E-state index in [2.05, 4.69) is 28.3 Å². The third-order valence-electron chi connectivity index (χ3n) is 8.85. The molecule has 3 aliphatic heterocycles. The predicted octanol–water partition coefficient (Wildman–Crippen LogP) is 4.50. The lowest BCUT2D eigenvalue weighted by Crippen LogP contribution is -2.54. The van der Waals surface area contributed by atoms with Crippen LogP contribution in [0.2, 0.25) is 5.02 Å². The number of benzene rings is 2. The molecular weight excluding hydrogens is 594 g/mol. The minimum absolute atomic E-state index is 0.124. The van der Waals surface area contributed by atoms with Crippen molar-refractivity contribution in [2.75, 3.05) is 69.6 Å². The van der Waals surface area contributed by atoms with Gasteiger partial charge in [0.1, 0.15) is 17.5 Å². The van der Waals surface area contributed by atoms with E-state index in [0.717, 1.165) is 38.8 Å². The van der Waals surface area contributed by atoms with Crippen LogP contribution >= 0.6 is 23.4 Å². The SMILES string of the molecule is C=CC(=O)N1CCN(c2nc(=O)n3c4c(c(-c5ccc(F)cc5F)c(Cl)cc24)SC[C@H]3CN2CCN(CC)CC2)[C@@H](C)C1. The minimum atomic E-state index is -0.714. The van der Waals surface area contributed by atoms with E-state index in [9.17, 15) is 14.0 Å². The highest BCUT2D eigenvalue weighted by Gasteiger charge is 2.34. The predicted molar refractivity (Wildman–Crippen MR) is 168 cm³/mol. The van der Waals surface area contributed by atoms with Gasteiger partial charge in [-0.15, -0.1) is 11.8 Å². The zero-order chi connectivity index (χ0) is 30.4. The Morgan fingerprint density at radius 3 is 2.56 bits per heavy atom. The molecule has 1 amide bonds. The van der Waals surface area contributed by atoms with Crippen molar-refractivity contribution in [1.29, 1.82) is 0 Å². The van der Waals surface area contributed by atoms with Gasteiger partial charge < -0.3 is 14.7 Å². The van der Waals surface area contributed by atoms with Crippen molar-refractivity contribution in [3.05, 3.63) is 64.1 Å². The van der Waals surface area contributed by atoms with Crippen molar-refractivity contribution in [2.24, 2.45) is 0 Å². The molecule has 0 N–H and O–H groups in total. The van der Waals surface area contributed by atoms with Crippen LogP contribution in [0.3, 0.4) is 0 Å². The van der Waals surface area contributed by atoms with Gasteiger partial charge in [0.25, 0.3) is 0 Å². The van der Waals surface area contributed by atoms with Gasteiger partial charge in [-0.2, -0.15) is 4.98 Å². The molecule has 3 aliphatic rings. The van der Waals surface area contributed by atoms with Gasteiger partial charge in [0, 0.05) is 91.6 Å². The number of halogens is 3. The number of carbonyl (C=O) groups is 1. The van der Waals surface area contributed by atoms with Crippen molar-refractivity contribution >= 4 is 46.0 Å². The molecule has 6 rings (SSSR count). The van der Waals surface area contributed by atoms with E-state index in [-0.39, 0.29) is 29.2 Å². The van der Waals surface area contributed by atoms with Gasteiger partial charge in [0.15, 0.2) is 0 Å². The molecule has 0 bridgehead atoms. The molecule has 2 fully saturated rings. The fraction of sp³-hybridized carbons (Fsp3) is 0.452. The van der Waals surface area contributed by atoms with Crippen LogP contribution in [-0.4, -0.2) is 101 Å². The van der Waals surface area contributed by atoms with Crippen LogP contribution in [0.5, 0.6) is 0 Å². The molecular formula is C31H35ClF2N6O2S. The quantitative estimate of drug-likeness (QED) is 0.373. The molecule has 8 nitrogen and oxygen atoms in total. The number of rotatable bonds is 6. The number of hydrogen-bond donors (Lipinski definition) is 0. The molecule has 0 saturated carbocycles. The van der Waals surface area contributed by atoms with Crippen LogP contribution in [0, 0.1) is 11.6 Å². The van der Waals surface area contributed by atoms with Crippen molar-refractivity contribution in [2.45, 2.75) is 30.8 Å². The molecule has 0 unspecified atom stereocenters. The minimum Gasteiger partial charge on any atom is -0.350 e. The standard InChI is InChI=1S/C31H35ClF2N6O2S/c1-4-26(41)38-12-13-39(19(3)16-38)30-23-15-24(32)27(22-7-6-20(33)14-25(22)34)29-28(23)40(31(42)35-30)21(18-43-29)17-37-10-8-36(5-2)9-11-37/h4,6-7,14-15,19,21H,1,5,8-13,16-18H2,2-3H3/t19-,21+/m0/s1. The van der Waals surface area contributed by atoms with Crippen molar-refractivity contribution in [1.82, 2.24) is 24.3 Å². The Morgan fingerprint density at radius 1 is 1.14 bits per heavy atom. The summed E-state index contributed by atoms with van der Waals surface area (Å²) in [6.07, 6.45) is 1.31. The summed E-state index contributed by atoms with van der Waals surface area (Å²) >= 11 is 8.47. The molecule has 2 saturated heterocycles. The number of piperazine rings is 2. The smallest absolute Gasteiger partial charge is 0.350 e. The first-order chi connectivity index (χ1) is 20.7. The number of aromatic nitrogens is 2. The summed E-state index contributed by atoms with van der Waals surface area (Å²) in [5.41, 5.74) is 0.938. The van der Waals surface area contributed by atoms with Gasteiger partial charge in [-0.1, -0.05) is 25.1 Å². The molecule has 3 aromatic rings. The van der Waals surface area contributed by atoms with Crippen molar-refractivity contribution in [3.8, 4) is 11.1 Å². The Balaban J connectivity index is 1.49. The first kappa shape index (κ1) is 30.1. The van der Waals surface area contributed by atoms with Crippen LogP contribution < -0.4 is 10.6 Å². The average Bonchev–Trinajstić information content (AvgIpc) is 3.00. The molecule has 1 aromatic heterocycles. The monoisotopic (exact) mass is 628 g/mol. The lowest BCUT2D eigenvalue weighted by Gasteiger charge is -2.41. The Morgan fingerprint density at radius 2 is 1.88 bits per heavy atom. The van der Waals surface area contributed by atoms with Gasteiger partial charge >= 0.3 is 5.69 Å². The fourth-order valence-corrected chi connectivity index (χ4v) is 8.23. The largest absolute Gasteiger partial charge is 0.350 e. The molecule has 0 spiro atoms. The average molecular weight is 629 g/mol. The number of likely N-dealkylation sites (N-methyl/N-ethyl adjacent to an activating group) is 1. The normalized spacial score (nSPS) is 21.4. The lowest BCUT2D eigenvalue weighted by atomic mass is 10.0. The van der Waals surface area contributed by atoms with Gasteiger partial charge in [0.2, 0.25) is 5.91 Å². The second-order valence-corrected chi connectivity index (χ2v) is 12.8. The Bertz CT molecular complexity index is 1640. The summed E-state index contributed by atoms with van der Waals surface area (Å²) in [6, 6.07) is 4.96. The van der Waals surface area contributed by atoms with Crippen LogP contribution in [0.1, 0.15) is 19.9 Å². The second-order valence-electron chi connectivity index (χ2n) is 11.4. The Hall–Kier alpha value is -2.99. The maximum absolute atomic E-state index is 15.2. The molecule has 4 heterocycles. The number of nitrogens with zero attached hydrogens (tertiary/aromatic N) is 6. The van der Waals surface area contributed by atoms with Crippen molar-refractivity contribution < 1.29 is 13.6 Å². The highest BCUT2D eigenvalue weighted by molar-refractivity contribution is 7.99. The van der Waals surface area contributed by atoms with E-state index in [4.69, 9.17) is 11.6 Å². The molecule has 0 radical (unpaired) electrons. The zero-order valence-corrected chi connectivity index (χ0v) is 25.9. The third kappa shape index (κ3) is 5.56. The third-order valence-corrected chi connectivity index (χ3v) is 10.4. The molecule has 2 aromatic carbocycles. The van der Waals surface area contributed by atoms with Crippen LogP contribution in [-0.2, 0) is 4.79 Å². The summed E-state index contributed by atoms with van der Waals surface area (Å²) in [5.74, 6) is -0.430. The molecule has 43 heavy (non-hydrogen) atoms. The van der Waals surface area contributed by atoms with Crippen LogP contribution in [0.25, 0.3) is 22.0 Å². The number of carbonyl (C=O) groups excluding carboxylic acids is 1. The fourth-order valence-electron chi connectivity index (χ4n) is 6.54. The maximum atomic E-state index is 15.2. The molecule has 12 heteroatoms. The lowest BCUT2D eigenvalue weighted by molar-refractivity contribution is -0.126. The van der Waals surface area contributed by atoms with Crippen LogP contribution in [0.4, 0.5) is 14.6 Å². The topological polar surface area (TPSA) is 64.9 Å². The van der Waals surface area contributed by atoms with Crippen molar-refractivity contribution in [3.63, 3.8) is 0 Å². The maximum Gasteiger partial charge on any atom is 0.350 e. The van der Waals surface area contributed by atoms with Crippen LogP contribution in [0.15, 0.2) is 46.6 Å². The zero-order valence-electron chi connectivity index (χ0n) is 24.4. The summed E-state index contributed by atoms with van der Waals surface area (Å²) < 4.78 is 30.8. The number of thioether (sulfide) groups is 1. The van der Waals surface area contributed by atoms with Gasteiger partial charge in [-0.3, -0.25) is 14.3 Å². The highest BCUT2D eigenvalue weighted by Crippen LogP contribution is 2.48. The van der Waals surface area contributed by atoms with Gasteiger partial charge in [-0.25, -0.2) is 13.6 Å². The summed E-state index contributed by atoms with van der Waals surface area (Å²) in [5, 5.41) is 1.00.